The Morgan fingerprint density at radius 1 is 1.20 bits per heavy atom. The van der Waals surface area contributed by atoms with Crippen molar-refractivity contribution in [3.8, 4) is 5.75 Å². The van der Waals surface area contributed by atoms with E-state index in [9.17, 15) is 13.0 Å². The molecule has 15 heavy (non-hydrogen) atoms. The third-order valence-electron chi connectivity index (χ3n) is 0.923. The number of rotatable bonds is 2. The molecule has 0 aliphatic carbocycles. The maximum atomic E-state index is 9.98. The molecule has 0 amide bonds. The zero-order valence-corrected chi connectivity index (χ0v) is 9.59. The molecular weight excluding hydrogens is 247 g/mol. The predicted molar refractivity (Wildman–Crippen MR) is 64.5 cm³/mol. The van der Waals surface area contributed by atoms with Crippen LogP contribution in [-0.2, 0) is 22.2 Å². The van der Waals surface area contributed by atoms with Gasteiger partial charge in [-0.1, -0.05) is 29.4 Å². The first-order valence-corrected chi connectivity index (χ1v) is 6.71. The van der Waals surface area contributed by atoms with Gasteiger partial charge in [0.2, 0.25) is 0 Å². The Morgan fingerprint density at radius 2 is 1.60 bits per heavy atom. The van der Waals surface area contributed by atoms with E-state index in [1.807, 2.05) is 0 Å². The molecule has 1 aromatic rings. The number of thiol groups is 1. The molecule has 0 radical (unpaired) electrons. The first-order valence-electron chi connectivity index (χ1n) is 3.65. The van der Waals surface area contributed by atoms with Crippen molar-refractivity contribution < 1.29 is 17.2 Å². The molecular formula is C8H13NaO4S2. The normalized spacial score (nSPS) is 8.87. The van der Waals surface area contributed by atoms with Gasteiger partial charge in [-0.2, -0.15) is 8.42 Å². The molecule has 1 aromatic carbocycles. The van der Waals surface area contributed by atoms with Crippen molar-refractivity contribution in [3.63, 3.8) is 0 Å². The van der Waals surface area contributed by atoms with Gasteiger partial charge in [0, 0.05) is 0 Å². The number of hydrogen-bond donors (Lipinski definition) is 1. The second kappa shape index (κ2) is 10.8. The minimum atomic E-state index is -2.78. The van der Waals surface area contributed by atoms with E-state index in [1.54, 1.807) is 42.8 Å². The summed E-state index contributed by atoms with van der Waals surface area (Å²) in [6.45, 7) is 0. The second-order valence-corrected chi connectivity index (χ2v) is 4.48. The van der Waals surface area contributed by atoms with Gasteiger partial charge in [-0.25, -0.2) is 0 Å². The molecule has 0 N–H and O–H groups in total. The molecule has 0 fully saturated rings. The summed E-state index contributed by atoms with van der Waals surface area (Å²) in [5.41, 5.74) is 0. The Hall–Kier alpha value is 0.280. The third kappa shape index (κ3) is 14.3. The number of benzene rings is 1. The summed E-state index contributed by atoms with van der Waals surface area (Å²) >= 11 is -0.611. The van der Waals surface area contributed by atoms with E-state index in [2.05, 4.69) is 4.18 Å². The van der Waals surface area contributed by atoms with Crippen molar-refractivity contribution in [2.24, 2.45) is 0 Å². The maximum absolute atomic E-state index is 9.98. The molecule has 0 bridgehead atoms. The van der Waals surface area contributed by atoms with E-state index < -0.39 is 22.2 Å². The Balaban J connectivity index is 0. The Labute approximate surface area is 117 Å². The SMILES string of the molecule is C[S+](C)[O-].O=[SH](=O)Oc1ccccc1.[NaH]. The van der Waals surface area contributed by atoms with Gasteiger partial charge < -0.3 is 8.74 Å². The molecule has 0 unspecified atom stereocenters. The van der Waals surface area contributed by atoms with Gasteiger partial charge in [0.05, 0.1) is 12.5 Å². The predicted octanol–water partition coefficient (Wildman–Crippen LogP) is -0.0620. The zero-order chi connectivity index (χ0) is 11.0. The van der Waals surface area contributed by atoms with Crippen molar-refractivity contribution in [2.75, 3.05) is 12.5 Å². The van der Waals surface area contributed by atoms with Gasteiger partial charge in [0.25, 0.3) is 11.0 Å². The van der Waals surface area contributed by atoms with E-state index in [4.69, 9.17) is 0 Å². The summed E-state index contributed by atoms with van der Waals surface area (Å²) in [5.74, 6) is 0.346. The Kier molecular flexibility index (Phi) is 12.7. The molecule has 0 aliphatic heterocycles. The van der Waals surface area contributed by atoms with Crippen molar-refractivity contribution in [2.45, 2.75) is 0 Å². The van der Waals surface area contributed by atoms with Crippen molar-refractivity contribution >= 4 is 51.7 Å². The van der Waals surface area contributed by atoms with E-state index >= 15 is 0 Å². The summed E-state index contributed by atoms with van der Waals surface area (Å²) in [5, 5.41) is 0. The van der Waals surface area contributed by atoms with Crippen LogP contribution in [0.2, 0.25) is 0 Å². The van der Waals surface area contributed by atoms with Crippen molar-refractivity contribution in [1.29, 1.82) is 0 Å². The quantitative estimate of drug-likeness (QED) is 0.459. The first kappa shape index (κ1) is 17.7. The van der Waals surface area contributed by atoms with Crippen LogP contribution in [0.15, 0.2) is 30.3 Å². The average molecular weight is 260 g/mol. The standard InChI is InChI=1S/C6H6O3S.C2H6OS.Na.H/c7-10(8)9-6-4-2-1-3-5-6;1-4(2)3;;/h1-5,10H;1-2H3;;. The molecule has 0 atom stereocenters. The third-order valence-corrected chi connectivity index (χ3v) is 1.28. The van der Waals surface area contributed by atoms with Gasteiger partial charge in [-0.05, 0) is 12.1 Å². The molecule has 0 aliphatic rings. The summed E-state index contributed by atoms with van der Waals surface area (Å²) in [7, 11) is -2.78. The van der Waals surface area contributed by atoms with Crippen molar-refractivity contribution in [1.82, 2.24) is 0 Å². The minimum absolute atomic E-state index is 0. The summed E-state index contributed by atoms with van der Waals surface area (Å²) in [6, 6.07) is 8.34. The summed E-state index contributed by atoms with van der Waals surface area (Å²) < 4.78 is 33.9. The molecule has 82 valence electrons. The van der Waals surface area contributed by atoms with Crippen LogP contribution in [0.25, 0.3) is 0 Å². The van der Waals surface area contributed by atoms with Crippen LogP contribution in [0.1, 0.15) is 0 Å². The molecule has 4 nitrogen and oxygen atoms in total. The van der Waals surface area contributed by atoms with Crippen LogP contribution in [0.3, 0.4) is 0 Å². The van der Waals surface area contributed by atoms with E-state index in [-0.39, 0.29) is 29.6 Å². The van der Waals surface area contributed by atoms with Crippen molar-refractivity contribution in [3.05, 3.63) is 30.3 Å². The monoisotopic (exact) mass is 260 g/mol. The molecule has 0 spiro atoms. The molecule has 1 rings (SSSR count). The molecule has 7 heteroatoms. The fraction of sp³-hybridized carbons (Fsp3) is 0.250. The molecule has 0 saturated carbocycles. The van der Waals surface area contributed by atoms with Gasteiger partial charge in [-0.15, -0.1) is 0 Å². The zero-order valence-electron chi connectivity index (χ0n) is 7.88. The summed E-state index contributed by atoms with van der Waals surface area (Å²) in [6.07, 6.45) is 3.28. The average Bonchev–Trinajstić information content (AvgIpc) is 2.03. The molecule has 0 heterocycles. The number of para-hydroxylation sites is 1. The van der Waals surface area contributed by atoms with Crippen LogP contribution < -0.4 is 4.18 Å². The molecule has 0 aromatic heterocycles. The topological polar surface area (TPSA) is 66.4 Å². The van der Waals surface area contributed by atoms with Gasteiger partial charge in [-0.3, -0.25) is 0 Å². The van der Waals surface area contributed by atoms with Crippen LogP contribution in [0, 0.1) is 0 Å². The Bertz CT molecular complexity index is 303. The first-order chi connectivity index (χ1) is 6.52. The fourth-order valence-corrected chi connectivity index (χ4v) is 0.861. The van der Waals surface area contributed by atoms with E-state index in [1.165, 1.54) is 0 Å². The van der Waals surface area contributed by atoms with Gasteiger partial charge >= 0.3 is 29.6 Å². The fourth-order valence-electron chi connectivity index (χ4n) is 0.567. The van der Waals surface area contributed by atoms with E-state index in [0.29, 0.717) is 5.75 Å². The second-order valence-electron chi connectivity index (χ2n) is 2.37. The number of hydrogen-bond acceptors (Lipinski definition) is 4. The van der Waals surface area contributed by atoms with Crippen LogP contribution in [-0.4, -0.2) is 55.0 Å². The molecule has 0 saturated heterocycles. The van der Waals surface area contributed by atoms with Crippen LogP contribution in [0.4, 0.5) is 0 Å². The van der Waals surface area contributed by atoms with Crippen LogP contribution in [0.5, 0.6) is 5.75 Å². The Morgan fingerprint density at radius 3 is 1.93 bits per heavy atom. The van der Waals surface area contributed by atoms with Gasteiger partial charge in [0.1, 0.15) is 5.75 Å². The van der Waals surface area contributed by atoms with Crippen LogP contribution >= 0.6 is 0 Å². The van der Waals surface area contributed by atoms with E-state index in [0.717, 1.165) is 0 Å². The summed E-state index contributed by atoms with van der Waals surface area (Å²) in [4.78, 5) is 0. The van der Waals surface area contributed by atoms with Gasteiger partial charge in [0.15, 0.2) is 0 Å².